The molecule has 1 atom stereocenters. The Hall–Kier alpha value is -3.88. The molecular formula is C20H20N4O5. The molecule has 2 aromatic rings. The number of nitrogens with one attached hydrogen (secondary N) is 4. The molecule has 1 aliphatic heterocycles. The fraction of sp³-hybridized carbons (Fsp3) is 0.200. The summed E-state index contributed by atoms with van der Waals surface area (Å²) in [5.41, 5.74) is 1.49. The first kappa shape index (κ1) is 19.9. The van der Waals surface area contributed by atoms with E-state index >= 15 is 0 Å². The summed E-state index contributed by atoms with van der Waals surface area (Å²) in [6.45, 7) is 0. The average Bonchev–Trinajstić information content (AvgIpc) is 3.04. The van der Waals surface area contributed by atoms with Crippen molar-refractivity contribution < 1.29 is 23.9 Å². The zero-order valence-corrected chi connectivity index (χ0v) is 15.7. The maximum Gasteiger partial charge on any atom is 0.322 e. The summed E-state index contributed by atoms with van der Waals surface area (Å²) in [5, 5.41) is 10.0. The van der Waals surface area contributed by atoms with E-state index in [2.05, 4.69) is 21.3 Å². The van der Waals surface area contributed by atoms with Crippen molar-refractivity contribution in [2.24, 2.45) is 0 Å². The first-order valence-electron chi connectivity index (χ1n) is 8.92. The molecule has 9 nitrogen and oxygen atoms in total. The number of para-hydroxylation sites is 2. The number of benzene rings is 2. The van der Waals surface area contributed by atoms with E-state index < -0.39 is 18.0 Å². The summed E-state index contributed by atoms with van der Waals surface area (Å²) < 4.78 is 5.21. The molecule has 4 N–H and O–H groups in total. The molecule has 0 aliphatic carbocycles. The van der Waals surface area contributed by atoms with Crippen LogP contribution in [0.4, 0.5) is 16.2 Å². The molecule has 0 unspecified atom stereocenters. The van der Waals surface area contributed by atoms with Crippen LogP contribution in [0.15, 0.2) is 48.5 Å². The van der Waals surface area contributed by atoms with Gasteiger partial charge in [0.2, 0.25) is 5.91 Å². The Labute approximate surface area is 166 Å². The number of amides is 5. The summed E-state index contributed by atoms with van der Waals surface area (Å²) in [5.74, 6) is -0.495. The number of methoxy groups -OCH3 is 1. The Morgan fingerprint density at radius 1 is 1.03 bits per heavy atom. The third-order valence-corrected chi connectivity index (χ3v) is 4.30. The van der Waals surface area contributed by atoms with Crippen molar-refractivity contribution in [2.45, 2.75) is 18.9 Å². The van der Waals surface area contributed by atoms with Gasteiger partial charge in [-0.1, -0.05) is 12.1 Å². The van der Waals surface area contributed by atoms with Gasteiger partial charge in [0.15, 0.2) is 0 Å². The SMILES string of the molecule is COc1ccccc1NC(=O)c1ccc(NC(=O)CC[C@@H]2NC(=O)NC2=O)cc1. The highest BCUT2D eigenvalue weighted by Crippen LogP contribution is 2.23. The van der Waals surface area contributed by atoms with Crippen LogP contribution in [0.3, 0.4) is 0 Å². The highest BCUT2D eigenvalue weighted by atomic mass is 16.5. The van der Waals surface area contributed by atoms with Gasteiger partial charge in [0.1, 0.15) is 11.8 Å². The lowest BCUT2D eigenvalue weighted by Gasteiger charge is -2.11. The largest absolute Gasteiger partial charge is 0.495 e. The second-order valence-corrected chi connectivity index (χ2v) is 6.33. The molecule has 0 spiro atoms. The molecule has 1 saturated heterocycles. The first-order valence-corrected chi connectivity index (χ1v) is 8.92. The first-order chi connectivity index (χ1) is 14.0. The van der Waals surface area contributed by atoms with Crippen LogP contribution >= 0.6 is 0 Å². The summed E-state index contributed by atoms with van der Waals surface area (Å²) >= 11 is 0. The van der Waals surface area contributed by atoms with E-state index in [0.29, 0.717) is 22.7 Å². The molecular weight excluding hydrogens is 376 g/mol. The lowest BCUT2D eigenvalue weighted by molar-refractivity contribution is -0.120. The minimum absolute atomic E-state index is 0.0639. The van der Waals surface area contributed by atoms with Gasteiger partial charge in [0.25, 0.3) is 11.8 Å². The van der Waals surface area contributed by atoms with Gasteiger partial charge in [0.05, 0.1) is 12.8 Å². The fourth-order valence-corrected chi connectivity index (χ4v) is 2.81. The maximum absolute atomic E-state index is 12.4. The van der Waals surface area contributed by atoms with E-state index in [0.717, 1.165) is 0 Å². The molecule has 0 radical (unpaired) electrons. The number of carbonyl (C=O) groups excluding carboxylic acids is 4. The molecule has 1 fully saturated rings. The van der Waals surface area contributed by atoms with E-state index in [9.17, 15) is 19.2 Å². The van der Waals surface area contributed by atoms with Gasteiger partial charge >= 0.3 is 6.03 Å². The van der Waals surface area contributed by atoms with Crippen molar-refractivity contribution in [1.29, 1.82) is 0 Å². The predicted molar refractivity (Wildman–Crippen MR) is 106 cm³/mol. The van der Waals surface area contributed by atoms with Gasteiger partial charge in [0, 0.05) is 17.7 Å². The van der Waals surface area contributed by atoms with Gasteiger partial charge in [-0.25, -0.2) is 4.79 Å². The molecule has 2 aromatic carbocycles. The van der Waals surface area contributed by atoms with Gasteiger partial charge in [-0.05, 0) is 42.8 Å². The molecule has 0 aromatic heterocycles. The number of ether oxygens (including phenoxy) is 1. The number of hydrogen-bond donors (Lipinski definition) is 4. The fourth-order valence-electron chi connectivity index (χ4n) is 2.81. The third-order valence-electron chi connectivity index (χ3n) is 4.30. The summed E-state index contributed by atoms with van der Waals surface area (Å²) in [6, 6.07) is 12.2. The van der Waals surface area contributed by atoms with E-state index in [-0.39, 0.29) is 24.7 Å². The van der Waals surface area contributed by atoms with Gasteiger partial charge in [-0.2, -0.15) is 0 Å². The number of carbonyl (C=O) groups is 4. The van der Waals surface area contributed by atoms with Crippen molar-refractivity contribution in [3.8, 4) is 5.75 Å². The Kier molecular flexibility index (Phi) is 6.08. The topological polar surface area (TPSA) is 126 Å². The van der Waals surface area contributed by atoms with Gasteiger partial charge < -0.3 is 20.7 Å². The highest BCUT2D eigenvalue weighted by Gasteiger charge is 2.29. The van der Waals surface area contributed by atoms with Crippen molar-refractivity contribution in [2.75, 3.05) is 17.7 Å². The zero-order chi connectivity index (χ0) is 20.8. The smallest absolute Gasteiger partial charge is 0.322 e. The third kappa shape index (κ3) is 5.10. The van der Waals surface area contributed by atoms with Crippen LogP contribution in [0, 0.1) is 0 Å². The lowest BCUT2D eigenvalue weighted by atomic mass is 10.1. The molecule has 0 saturated carbocycles. The van der Waals surface area contributed by atoms with Crippen molar-refractivity contribution in [3.05, 3.63) is 54.1 Å². The Balaban J connectivity index is 1.53. The summed E-state index contributed by atoms with van der Waals surface area (Å²) in [4.78, 5) is 46.9. The van der Waals surface area contributed by atoms with Crippen LogP contribution in [-0.2, 0) is 9.59 Å². The van der Waals surface area contributed by atoms with Crippen LogP contribution in [0.5, 0.6) is 5.75 Å². The van der Waals surface area contributed by atoms with Crippen LogP contribution in [0.25, 0.3) is 0 Å². The number of anilines is 2. The minimum atomic E-state index is -0.700. The Morgan fingerprint density at radius 2 is 1.76 bits per heavy atom. The molecule has 1 heterocycles. The van der Waals surface area contributed by atoms with Crippen molar-refractivity contribution in [1.82, 2.24) is 10.6 Å². The normalized spacial score (nSPS) is 15.3. The van der Waals surface area contributed by atoms with Crippen molar-refractivity contribution in [3.63, 3.8) is 0 Å². The molecule has 29 heavy (non-hydrogen) atoms. The van der Waals surface area contributed by atoms with Crippen molar-refractivity contribution >= 4 is 35.1 Å². The number of imide groups is 1. The van der Waals surface area contributed by atoms with E-state index in [4.69, 9.17) is 4.74 Å². The highest BCUT2D eigenvalue weighted by molar-refractivity contribution is 6.06. The predicted octanol–water partition coefficient (Wildman–Crippen LogP) is 1.87. The molecule has 150 valence electrons. The van der Waals surface area contributed by atoms with Crippen LogP contribution in [0.2, 0.25) is 0 Å². The number of hydrogen-bond acceptors (Lipinski definition) is 5. The summed E-state index contributed by atoms with van der Waals surface area (Å²) in [6.07, 6.45) is 0.261. The van der Waals surface area contributed by atoms with Gasteiger partial charge in [-0.3, -0.25) is 19.7 Å². The standard InChI is InChI=1S/C20H20N4O5/c1-29-16-5-3-2-4-14(16)22-18(26)12-6-8-13(9-7-12)21-17(25)11-10-15-19(27)24-20(28)23-15/h2-9,15H,10-11H2,1H3,(H,21,25)(H,22,26)(H2,23,24,27,28)/t15-/m0/s1. The van der Waals surface area contributed by atoms with Gasteiger partial charge in [-0.15, -0.1) is 0 Å². The number of rotatable bonds is 7. The van der Waals surface area contributed by atoms with E-state index in [1.807, 2.05) is 0 Å². The Morgan fingerprint density at radius 3 is 2.41 bits per heavy atom. The molecule has 5 amide bonds. The molecule has 9 heteroatoms. The molecule has 1 aliphatic rings. The average molecular weight is 396 g/mol. The quantitative estimate of drug-likeness (QED) is 0.532. The molecule has 0 bridgehead atoms. The van der Waals surface area contributed by atoms with E-state index in [1.165, 1.54) is 7.11 Å². The monoisotopic (exact) mass is 396 g/mol. The van der Waals surface area contributed by atoms with Crippen LogP contribution in [0.1, 0.15) is 23.2 Å². The lowest BCUT2D eigenvalue weighted by Crippen LogP contribution is -2.30. The maximum atomic E-state index is 12.4. The summed E-state index contributed by atoms with van der Waals surface area (Å²) in [7, 11) is 1.52. The Bertz CT molecular complexity index is 942. The van der Waals surface area contributed by atoms with Crippen LogP contribution in [-0.4, -0.2) is 36.9 Å². The minimum Gasteiger partial charge on any atom is -0.495 e. The second-order valence-electron chi connectivity index (χ2n) is 6.33. The second kappa shape index (κ2) is 8.87. The molecule has 3 rings (SSSR count). The van der Waals surface area contributed by atoms with E-state index in [1.54, 1.807) is 48.5 Å². The van der Waals surface area contributed by atoms with Crippen LogP contribution < -0.4 is 26.0 Å². The number of urea groups is 1. The zero-order valence-electron chi connectivity index (χ0n) is 15.7.